The number of hydrogen-bond donors (Lipinski definition) is 2. The number of benzene rings is 2. The van der Waals surface area contributed by atoms with Crippen LogP contribution in [0.15, 0.2) is 42.5 Å². The van der Waals surface area contributed by atoms with Crippen LogP contribution in [0.25, 0.3) is 0 Å². The summed E-state index contributed by atoms with van der Waals surface area (Å²) in [6.07, 6.45) is 3.56. The molecule has 0 radical (unpaired) electrons. The van der Waals surface area contributed by atoms with E-state index in [1.54, 1.807) is 4.90 Å². The van der Waals surface area contributed by atoms with E-state index in [-0.39, 0.29) is 12.1 Å². The zero-order valence-electron chi connectivity index (χ0n) is 21.3. The first-order valence-corrected chi connectivity index (χ1v) is 12.6. The number of carbonyl (C=O) groups excluding carboxylic acids is 1. The molecule has 1 atom stereocenters. The number of carboxylic acids is 1. The molecule has 2 aromatic carbocycles. The van der Waals surface area contributed by atoms with Crippen molar-refractivity contribution >= 4 is 12.0 Å². The molecule has 3 rings (SSSR count). The molecule has 0 bridgehead atoms. The molecule has 1 fully saturated rings. The molecule has 7 nitrogen and oxygen atoms in total. The first kappa shape index (κ1) is 26.4. The predicted molar refractivity (Wildman–Crippen MR) is 136 cm³/mol. The number of carbonyl (C=O) groups is 2. The Hall–Kier alpha value is -3.22. The molecule has 2 N–H and O–H groups in total. The fraction of sp³-hybridized carbons (Fsp3) is 0.500. The molecule has 1 aliphatic rings. The average molecular weight is 483 g/mol. The van der Waals surface area contributed by atoms with E-state index in [1.165, 1.54) is 5.56 Å². The summed E-state index contributed by atoms with van der Waals surface area (Å²) in [7, 11) is 0. The molecule has 0 unspecified atom stereocenters. The van der Waals surface area contributed by atoms with Crippen molar-refractivity contribution in [3.8, 4) is 11.5 Å². The normalized spacial score (nSPS) is 14.6. The molecule has 35 heavy (non-hydrogen) atoms. The fourth-order valence-corrected chi connectivity index (χ4v) is 4.24. The van der Waals surface area contributed by atoms with Gasteiger partial charge in [-0.05, 0) is 83.1 Å². The van der Waals surface area contributed by atoms with Crippen molar-refractivity contribution < 1.29 is 24.2 Å². The van der Waals surface area contributed by atoms with Crippen LogP contribution in [0.5, 0.6) is 11.5 Å². The second kappa shape index (κ2) is 12.0. The van der Waals surface area contributed by atoms with E-state index in [9.17, 15) is 14.7 Å². The van der Waals surface area contributed by atoms with E-state index < -0.39 is 11.5 Å². The summed E-state index contributed by atoms with van der Waals surface area (Å²) in [6, 6.07) is 13.5. The van der Waals surface area contributed by atoms with Gasteiger partial charge in [-0.1, -0.05) is 30.3 Å². The Kier molecular flexibility index (Phi) is 9.01. The Morgan fingerprint density at radius 1 is 1.06 bits per heavy atom. The van der Waals surface area contributed by atoms with Gasteiger partial charge in [0, 0.05) is 12.1 Å². The number of amides is 2. The molecule has 0 saturated heterocycles. The number of aryl methyl sites for hydroxylation is 1. The summed E-state index contributed by atoms with van der Waals surface area (Å²) in [4.78, 5) is 26.8. The zero-order valence-corrected chi connectivity index (χ0v) is 21.3. The highest BCUT2D eigenvalue weighted by atomic mass is 16.5. The minimum Gasteiger partial charge on any atom is -0.493 e. The van der Waals surface area contributed by atoms with E-state index in [0.717, 1.165) is 41.9 Å². The van der Waals surface area contributed by atoms with Crippen LogP contribution in [0.1, 0.15) is 69.2 Å². The number of carboxylic acid groups (broad SMARTS) is 1. The predicted octanol–water partition coefficient (Wildman–Crippen LogP) is 5.51. The molecule has 2 aromatic rings. The third kappa shape index (κ3) is 6.68. The standard InChI is InChI=1S/C28H38N2O5/c1-5-34-24-18-23(19-25(20(24)3)35-6-2)21(4)30(27(33)29-28(15-16-28)26(31)32)17-11-10-14-22-12-8-7-9-13-22/h7-9,12-13,18-19,21H,5-6,10-11,14-17H2,1-4H3,(H,29,33)(H,31,32)/t21-/m1/s1. The van der Waals surface area contributed by atoms with E-state index in [0.29, 0.717) is 32.6 Å². The summed E-state index contributed by atoms with van der Waals surface area (Å²) in [5.41, 5.74) is 1.94. The Morgan fingerprint density at radius 2 is 1.66 bits per heavy atom. The van der Waals surface area contributed by atoms with Crippen molar-refractivity contribution in [2.75, 3.05) is 19.8 Å². The maximum Gasteiger partial charge on any atom is 0.329 e. The Balaban J connectivity index is 1.81. The van der Waals surface area contributed by atoms with Crippen molar-refractivity contribution in [3.05, 3.63) is 59.2 Å². The van der Waals surface area contributed by atoms with Gasteiger partial charge in [0.2, 0.25) is 0 Å². The van der Waals surface area contributed by atoms with Crippen molar-refractivity contribution in [2.45, 2.75) is 71.4 Å². The van der Waals surface area contributed by atoms with E-state index >= 15 is 0 Å². The summed E-state index contributed by atoms with van der Waals surface area (Å²) in [5, 5.41) is 12.4. The number of rotatable bonds is 13. The molecule has 0 heterocycles. The maximum atomic E-state index is 13.4. The first-order valence-electron chi connectivity index (χ1n) is 12.6. The SMILES string of the molecule is CCOc1cc([C@@H](C)N(CCCCc2ccccc2)C(=O)NC2(C(=O)O)CC2)cc(OCC)c1C. The van der Waals surface area contributed by atoms with Gasteiger partial charge < -0.3 is 24.8 Å². The van der Waals surface area contributed by atoms with Gasteiger partial charge in [-0.2, -0.15) is 0 Å². The zero-order chi connectivity index (χ0) is 25.4. The molecule has 0 spiro atoms. The van der Waals surface area contributed by atoms with Crippen LogP contribution in [0.4, 0.5) is 4.79 Å². The van der Waals surface area contributed by atoms with Crippen molar-refractivity contribution in [2.24, 2.45) is 0 Å². The molecule has 0 aromatic heterocycles. The van der Waals surface area contributed by atoms with Gasteiger partial charge in [-0.15, -0.1) is 0 Å². The van der Waals surface area contributed by atoms with Crippen molar-refractivity contribution in [1.82, 2.24) is 10.2 Å². The minimum absolute atomic E-state index is 0.296. The van der Waals surface area contributed by atoms with Crippen molar-refractivity contribution in [3.63, 3.8) is 0 Å². The lowest BCUT2D eigenvalue weighted by molar-refractivity contribution is -0.140. The third-order valence-electron chi connectivity index (χ3n) is 6.61. The highest BCUT2D eigenvalue weighted by Gasteiger charge is 2.52. The average Bonchev–Trinajstić information content (AvgIpc) is 3.63. The van der Waals surface area contributed by atoms with Crippen LogP contribution in [0.2, 0.25) is 0 Å². The van der Waals surface area contributed by atoms with E-state index in [2.05, 4.69) is 17.4 Å². The Morgan fingerprint density at radius 3 is 2.17 bits per heavy atom. The van der Waals surface area contributed by atoms with Gasteiger partial charge in [0.1, 0.15) is 17.0 Å². The van der Waals surface area contributed by atoms with Gasteiger partial charge in [0.25, 0.3) is 0 Å². The van der Waals surface area contributed by atoms with Crippen LogP contribution in [-0.4, -0.2) is 47.3 Å². The van der Waals surface area contributed by atoms with E-state index in [1.807, 2.05) is 58.0 Å². The number of hydrogen-bond acceptors (Lipinski definition) is 4. The van der Waals surface area contributed by atoms with Gasteiger partial charge in [0.15, 0.2) is 0 Å². The number of urea groups is 1. The highest BCUT2D eigenvalue weighted by molar-refractivity contribution is 5.89. The molecule has 190 valence electrons. The lowest BCUT2D eigenvalue weighted by atomic mass is 10.0. The van der Waals surface area contributed by atoms with Gasteiger partial charge in [-0.3, -0.25) is 0 Å². The van der Waals surface area contributed by atoms with Crippen LogP contribution in [-0.2, 0) is 11.2 Å². The molecule has 7 heteroatoms. The second-order valence-corrected chi connectivity index (χ2v) is 9.14. The summed E-state index contributed by atoms with van der Waals surface area (Å²) in [5.74, 6) is 0.484. The fourth-order valence-electron chi connectivity index (χ4n) is 4.24. The van der Waals surface area contributed by atoms with Crippen molar-refractivity contribution in [1.29, 1.82) is 0 Å². The highest BCUT2D eigenvalue weighted by Crippen LogP contribution is 2.37. The Labute approximate surface area is 208 Å². The van der Waals surface area contributed by atoms with Crippen LogP contribution < -0.4 is 14.8 Å². The van der Waals surface area contributed by atoms with E-state index in [4.69, 9.17) is 9.47 Å². The number of unbranched alkanes of at least 4 members (excludes halogenated alkanes) is 1. The topological polar surface area (TPSA) is 88.1 Å². The summed E-state index contributed by atoms with van der Waals surface area (Å²) in [6.45, 7) is 9.35. The minimum atomic E-state index is -1.14. The maximum absolute atomic E-state index is 13.4. The monoisotopic (exact) mass is 482 g/mol. The van der Waals surface area contributed by atoms with Crippen LogP contribution in [0, 0.1) is 6.92 Å². The van der Waals surface area contributed by atoms with Gasteiger partial charge >= 0.3 is 12.0 Å². The second-order valence-electron chi connectivity index (χ2n) is 9.14. The lowest BCUT2D eigenvalue weighted by Crippen LogP contribution is -2.50. The third-order valence-corrected chi connectivity index (χ3v) is 6.61. The number of ether oxygens (including phenoxy) is 2. The molecule has 1 saturated carbocycles. The largest absolute Gasteiger partial charge is 0.493 e. The van der Waals surface area contributed by atoms with Gasteiger partial charge in [-0.25, -0.2) is 9.59 Å². The van der Waals surface area contributed by atoms with Crippen LogP contribution >= 0.6 is 0 Å². The molecule has 2 amide bonds. The molecule has 0 aliphatic heterocycles. The molecular formula is C28H38N2O5. The van der Waals surface area contributed by atoms with Gasteiger partial charge in [0.05, 0.1) is 19.3 Å². The number of nitrogens with zero attached hydrogens (tertiary/aromatic N) is 1. The molecular weight excluding hydrogens is 444 g/mol. The Bertz CT molecular complexity index is 977. The molecule has 1 aliphatic carbocycles. The lowest BCUT2D eigenvalue weighted by Gasteiger charge is -2.32. The number of aliphatic carboxylic acids is 1. The smallest absolute Gasteiger partial charge is 0.329 e. The summed E-state index contributed by atoms with van der Waals surface area (Å²) < 4.78 is 11.7. The summed E-state index contributed by atoms with van der Waals surface area (Å²) >= 11 is 0. The quantitative estimate of drug-likeness (QED) is 0.368. The first-order chi connectivity index (χ1) is 16.8. The van der Waals surface area contributed by atoms with Crippen LogP contribution in [0.3, 0.4) is 0 Å². The number of nitrogens with one attached hydrogen (secondary N) is 1.